The number of aliphatic carboxylic acids is 1. The van der Waals surface area contributed by atoms with Gasteiger partial charge in [-0.25, -0.2) is 4.79 Å². The van der Waals surface area contributed by atoms with Crippen LogP contribution in [-0.2, 0) is 9.59 Å². The number of fused-ring (bicyclic) bond motifs is 1. The molecule has 1 fully saturated rings. The summed E-state index contributed by atoms with van der Waals surface area (Å²) in [4.78, 5) is 23.3. The summed E-state index contributed by atoms with van der Waals surface area (Å²) in [6.45, 7) is 0. The Hall–Kier alpha value is -1.43. The lowest BCUT2D eigenvalue weighted by Gasteiger charge is -2.45. The van der Waals surface area contributed by atoms with Gasteiger partial charge in [-0.1, -0.05) is 0 Å². The summed E-state index contributed by atoms with van der Waals surface area (Å²) >= 11 is 1.30. The van der Waals surface area contributed by atoms with Crippen molar-refractivity contribution in [3.05, 3.63) is 23.3 Å². The third-order valence-corrected chi connectivity index (χ3v) is 3.21. The molecule has 1 unspecified atom stereocenters. The Labute approximate surface area is 83.7 Å². The van der Waals surface area contributed by atoms with Crippen molar-refractivity contribution < 1.29 is 19.8 Å². The molecule has 2 aliphatic heterocycles. The second-order valence-electron chi connectivity index (χ2n) is 2.90. The molecule has 0 bridgehead atoms. The molecule has 0 aromatic carbocycles. The van der Waals surface area contributed by atoms with Gasteiger partial charge in [-0.15, -0.1) is 11.8 Å². The maximum absolute atomic E-state index is 11.3. The van der Waals surface area contributed by atoms with Gasteiger partial charge in [0.1, 0.15) is 5.37 Å². The molecule has 0 aliphatic carbocycles. The van der Waals surface area contributed by atoms with Gasteiger partial charge < -0.3 is 15.1 Å². The molecule has 1 saturated heterocycles. The zero-order valence-electron chi connectivity index (χ0n) is 6.95. The normalized spacial score (nSPS) is 32.7. The Morgan fingerprint density at radius 3 is 2.93 bits per heavy atom. The lowest BCUT2D eigenvalue weighted by molar-refractivity contribution is -0.150. The smallest absolute Gasteiger partial charge is 0.330 e. The van der Waals surface area contributed by atoms with E-state index in [1.165, 1.54) is 22.7 Å². The van der Waals surface area contributed by atoms with Gasteiger partial charge in [-0.2, -0.15) is 0 Å². The number of β-lactam (4-membered cyclic amide) rings is 1. The molecule has 0 spiro atoms. The van der Waals surface area contributed by atoms with Crippen LogP contribution in [0.25, 0.3) is 0 Å². The molecule has 2 heterocycles. The number of carboxylic acids is 1. The van der Waals surface area contributed by atoms with E-state index in [1.807, 2.05) is 0 Å². The highest BCUT2D eigenvalue weighted by molar-refractivity contribution is 8.03. The van der Waals surface area contributed by atoms with Crippen molar-refractivity contribution in [3.8, 4) is 0 Å². The highest BCUT2D eigenvalue weighted by Gasteiger charge is 2.49. The van der Waals surface area contributed by atoms with Crippen LogP contribution in [0, 0.1) is 0 Å². The van der Waals surface area contributed by atoms with Crippen molar-refractivity contribution in [2.75, 3.05) is 0 Å². The topological polar surface area (TPSA) is 77.8 Å². The summed E-state index contributed by atoms with van der Waals surface area (Å²) in [7, 11) is 0. The fourth-order valence-corrected chi connectivity index (χ4v) is 2.52. The summed E-state index contributed by atoms with van der Waals surface area (Å²) in [5, 5.41) is 18.8. The van der Waals surface area contributed by atoms with Gasteiger partial charge >= 0.3 is 5.97 Å². The van der Waals surface area contributed by atoms with Gasteiger partial charge in [-0.05, 0) is 11.5 Å². The molecule has 6 heteroatoms. The number of aliphatic hydroxyl groups is 1. The van der Waals surface area contributed by atoms with Gasteiger partial charge in [0.2, 0.25) is 0 Å². The number of amides is 1. The number of carbonyl (C=O) groups is 2. The van der Waals surface area contributed by atoms with E-state index >= 15 is 0 Å². The number of aliphatic hydroxyl groups excluding tert-OH is 1. The second-order valence-corrected chi connectivity index (χ2v) is 3.89. The minimum Gasteiger partial charge on any atom is -0.515 e. The van der Waals surface area contributed by atoms with Crippen LogP contribution in [0.2, 0.25) is 0 Å². The van der Waals surface area contributed by atoms with Crippen molar-refractivity contribution in [2.24, 2.45) is 0 Å². The number of nitrogens with zero attached hydrogens (tertiary/aromatic N) is 1. The number of carboxylic acid groups (broad SMARTS) is 1. The number of carbonyl (C=O) groups excluding carboxylic acids is 1. The average molecular weight is 213 g/mol. The minimum atomic E-state index is -1.06. The van der Waals surface area contributed by atoms with E-state index in [2.05, 4.69) is 0 Å². The van der Waals surface area contributed by atoms with Crippen molar-refractivity contribution in [3.63, 3.8) is 0 Å². The van der Waals surface area contributed by atoms with Gasteiger partial charge in [0.25, 0.3) is 5.91 Å². The quantitative estimate of drug-likeness (QED) is 0.372. The monoisotopic (exact) mass is 213 g/mol. The van der Waals surface area contributed by atoms with E-state index in [4.69, 9.17) is 10.2 Å². The zero-order valence-corrected chi connectivity index (χ0v) is 7.77. The Morgan fingerprint density at radius 2 is 2.36 bits per heavy atom. The molecule has 2 N–H and O–H groups in total. The summed E-state index contributed by atoms with van der Waals surface area (Å²) in [6.07, 6.45) is 2.20. The molecule has 0 saturated carbocycles. The number of rotatable bonds is 1. The molecule has 0 aromatic rings. The highest BCUT2D eigenvalue weighted by atomic mass is 32.2. The Bertz CT molecular complexity index is 362. The van der Waals surface area contributed by atoms with Crippen molar-refractivity contribution >= 4 is 23.6 Å². The summed E-state index contributed by atoms with van der Waals surface area (Å²) in [5.74, 6) is -1.47. The Kier molecular flexibility index (Phi) is 1.99. The first kappa shape index (κ1) is 9.14. The van der Waals surface area contributed by atoms with Crippen LogP contribution >= 0.6 is 11.8 Å². The molecule has 14 heavy (non-hydrogen) atoms. The minimum absolute atomic E-state index is 0.255. The van der Waals surface area contributed by atoms with Crippen molar-refractivity contribution in [2.45, 2.75) is 11.4 Å². The van der Waals surface area contributed by atoms with Gasteiger partial charge in [0.05, 0.1) is 11.8 Å². The fraction of sp³-hybridized carbons (Fsp3) is 0.250. The SMILES string of the molecule is O=C(O)C1C=CS[C@@H]2/C(=C/O)C(=O)N12. The fourth-order valence-electron chi connectivity index (χ4n) is 1.46. The van der Waals surface area contributed by atoms with E-state index in [-0.39, 0.29) is 10.9 Å². The van der Waals surface area contributed by atoms with E-state index in [0.29, 0.717) is 0 Å². The van der Waals surface area contributed by atoms with Gasteiger partial charge in [0.15, 0.2) is 6.04 Å². The molecule has 74 valence electrons. The van der Waals surface area contributed by atoms with Crippen molar-refractivity contribution in [1.82, 2.24) is 4.90 Å². The predicted molar refractivity (Wildman–Crippen MR) is 49.5 cm³/mol. The highest BCUT2D eigenvalue weighted by Crippen LogP contribution is 2.40. The van der Waals surface area contributed by atoms with Crippen LogP contribution in [0.4, 0.5) is 0 Å². The summed E-state index contributed by atoms with van der Waals surface area (Å²) in [5.41, 5.74) is 0.255. The van der Waals surface area contributed by atoms with Crippen LogP contribution in [0.5, 0.6) is 0 Å². The van der Waals surface area contributed by atoms with Crippen LogP contribution in [-0.4, -0.2) is 38.4 Å². The molecular formula is C8H7NO4S. The Morgan fingerprint density at radius 1 is 1.64 bits per heavy atom. The van der Waals surface area contributed by atoms with E-state index < -0.39 is 17.9 Å². The molecular weight excluding hydrogens is 206 g/mol. The lowest BCUT2D eigenvalue weighted by Crippen LogP contribution is -2.60. The van der Waals surface area contributed by atoms with E-state index in [1.54, 1.807) is 5.41 Å². The van der Waals surface area contributed by atoms with Crippen LogP contribution in [0.1, 0.15) is 0 Å². The van der Waals surface area contributed by atoms with E-state index in [9.17, 15) is 9.59 Å². The predicted octanol–water partition coefficient (Wildman–Crippen LogP) is 0.310. The third kappa shape index (κ3) is 1.04. The molecule has 2 rings (SSSR count). The second kappa shape index (κ2) is 3.06. The van der Waals surface area contributed by atoms with Crippen LogP contribution < -0.4 is 0 Å². The summed E-state index contributed by atoms with van der Waals surface area (Å²) < 4.78 is 0. The average Bonchev–Trinajstić information content (AvgIpc) is 2.16. The standard InChI is InChI=1S/C8H7NO4S/c10-3-4-6(11)9-5(8(12)13)1-2-14-7(4)9/h1-3,5,7,10H,(H,12,13)/b4-3+/t5?,7-/m1/s1. The molecule has 2 atom stereocenters. The number of hydrogen-bond donors (Lipinski definition) is 2. The first-order chi connectivity index (χ1) is 6.66. The lowest BCUT2D eigenvalue weighted by atomic mass is 10.0. The molecule has 5 nitrogen and oxygen atoms in total. The summed E-state index contributed by atoms with van der Waals surface area (Å²) in [6, 6.07) is -0.905. The van der Waals surface area contributed by atoms with Crippen LogP contribution in [0.15, 0.2) is 23.3 Å². The van der Waals surface area contributed by atoms with Crippen molar-refractivity contribution in [1.29, 1.82) is 0 Å². The molecule has 0 aromatic heterocycles. The van der Waals surface area contributed by atoms with Gasteiger partial charge in [-0.3, -0.25) is 4.79 Å². The number of hydrogen-bond acceptors (Lipinski definition) is 4. The first-order valence-electron chi connectivity index (χ1n) is 3.88. The Balaban J connectivity index is 2.29. The molecule has 0 radical (unpaired) electrons. The van der Waals surface area contributed by atoms with E-state index in [0.717, 1.165) is 6.26 Å². The third-order valence-electron chi connectivity index (χ3n) is 2.16. The maximum atomic E-state index is 11.3. The largest absolute Gasteiger partial charge is 0.515 e. The zero-order chi connectivity index (χ0) is 10.3. The first-order valence-corrected chi connectivity index (χ1v) is 4.83. The molecule has 2 aliphatic rings. The molecule has 1 amide bonds. The van der Waals surface area contributed by atoms with Gasteiger partial charge in [0, 0.05) is 0 Å². The number of thioether (sulfide) groups is 1. The van der Waals surface area contributed by atoms with Crippen LogP contribution in [0.3, 0.4) is 0 Å². The maximum Gasteiger partial charge on any atom is 0.330 e.